The van der Waals surface area contributed by atoms with Gasteiger partial charge >= 0.3 is 5.97 Å². The molecule has 0 unspecified atom stereocenters. The zero-order valence-corrected chi connectivity index (χ0v) is 13.7. The van der Waals surface area contributed by atoms with Crippen LogP contribution in [0.3, 0.4) is 0 Å². The fourth-order valence-corrected chi connectivity index (χ4v) is 3.17. The Bertz CT molecular complexity index is 592. The summed E-state index contributed by atoms with van der Waals surface area (Å²) in [6.45, 7) is 0. The summed E-state index contributed by atoms with van der Waals surface area (Å²) in [5.41, 5.74) is 0.370. The molecular weight excluding hydrogens is 312 g/mol. The van der Waals surface area contributed by atoms with E-state index in [1.807, 2.05) is 0 Å². The van der Waals surface area contributed by atoms with E-state index in [9.17, 15) is 19.7 Å². The van der Waals surface area contributed by atoms with E-state index < -0.39 is 22.7 Å². The molecule has 0 saturated heterocycles. The Hall–Kier alpha value is -2.44. The highest BCUT2D eigenvalue weighted by Crippen LogP contribution is 2.31. The molecule has 0 bridgehead atoms. The Morgan fingerprint density at radius 1 is 1.17 bits per heavy atom. The molecule has 2 rings (SSSR count). The van der Waals surface area contributed by atoms with Crippen molar-refractivity contribution < 1.29 is 19.2 Å². The van der Waals surface area contributed by atoms with Crippen LogP contribution in [0.1, 0.15) is 38.5 Å². The number of carbonyl (C=O) groups is 2. The number of ether oxygens (including phenoxy) is 1. The quantitative estimate of drug-likeness (QED) is 0.293. The van der Waals surface area contributed by atoms with E-state index in [0.717, 1.165) is 38.5 Å². The third-order valence-electron chi connectivity index (χ3n) is 4.45. The van der Waals surface area contributed by atoms with Crippen molar-refractivity contribution in [3.8, 4) is 0 Å². The molecule has 7 heteroatoms. The number of nitro benzene ring substituents is 1. The Morgan fingerprint density at radius 3 is 2.25 bits per heavy atom. The van der Waals surface area contributed by atoms with Crippen molar-refractivity contribution in [2.45, 2.75) is 38.5 Å². The van der Waals surface area contributed by atoms with Gasteiger partial charge in [-0.25, -0.2) is 0 Å². The molecule has 1 aromatic rings. The van der Waals surface area contributed by atoms with Crippen LogP contribution in [0, 0.1) is 22.0 Å². The summed E-state index contributed by atoms with van der Waals surface area (Å²) < 4.78 is 4.83. The van der Waals surface area contributed by atoms with Crippen LogP contribution >= 0.6 is 0 Å². The van der Waals surface area contributed by atoms with Crippen LogP contribution < -0.4 is 5.32 Å². The van der Waals surface area contributed by atoms with Gasteiger partial charge in [-0.05, 0) is 30.9 Å². The molecule has 1 saturated carbocycles. The smallest absolute Gasteiger partial charge is 0.318 e. The van der Waals surface area contributed by atoms with E-state index in [-0.39, 0.29) is 11.6 Å². The second-order valence-corrected chi connectivity index (χ2v) is 6.05. The number of nitro groups is 1. The van der Waals surface area contributed by atoms with Gasteiger partial charge in [0.25, 0.3) is 5.69 Å². The Labute approximate surface area is 140 Å². The largest absolute Gasteiger partial charge is 0.468 e. The molecule has 1 N–H and O–H groups in total. The van der Waals surface area contributed by atoms with Crippen molar-refractivity contribution in [2.24, 2.45) is 11.8 Å². The van der Waals surface area contributed by atoms with Gasteiger partial charge in [0.1, 0.15) is 5.92 Å². The van der Waals surface area contributed by atoms with Gasteiger partial charge in [-0.3, -0.25) is 19.7 Å². The Balaban J connectivity index is 2.11. The highest BCUT2D eigenvalue weighted by molar-refractivity contribution is 6.05. The molecule has 0 aliphatic heterocycles. The van der Waals surface area contributed by atoms with Crippen molar-refractivity contribution >= 4 is 23.3 Å². The minimum absolute atomic E-state index is 0.0296. The lowest BCUT2D eigenvalue weighted by Crippen LogP contribution is -2.36. The van der Waals surface area contributed by atoms with Gasteiger partial charge in [0.2, 0.25) is 5.91 Å². The summed E-state index contributed by atoms with van der Waals surface area (Å²) in [7, 11) is 1.28. The number of rotatable bonds is 5. The van der Waals surface area contributed by atoms with Crippen molar-refractivity contribution in [1.82, 2.24) is 0 Å². The van der Waals surface area contributed by atoms with E-state index in [2.05, 4.69) is 5.32 Å². The van der Waals surface area contributed by atoms with Crippen molar-refractivity contribution in [3.63, 3.8) is 0 Å². The van der Waals surface area contributed by atoms with Crippen LogP contribution in [0.25, 0.3) is 0 Å². The van der Waals surface area contributed by atoms with E-state index in [0.29, 0.717) is 5.69 Å². The molecular formula is C17H22N2O5. The van der Waals surface area contributed by atoms with E-state index in [4.69, 9.17) is 4.74 Å². The lowest BCUT2D eigenvalue weighted by atomic mass is 9.85. The average molecular weight is 334 g/mol. The summed E-state index contributed by atoms with van der Waals surface area (Å²) in [6, 6.07) is 5.54. The molecule has 1 aliphatic carbocycles. The Morgan fingerprint density at radius 2 is 1.75 bits per heavy atom. The predicted molar refractivity (Wildman–Crippen MR) is 88.4 cm³/mol. The number of methoxy groups -OCH3 is 1. The first-order chi connectivity index (χ1) is 11.5. The molecule has 1 aromatic carbocycles. The van der Waals surface area contributed by atoms with Crippen molar-refractivity contribution in [2.75, 3.05) is 12.4 Å². The zero-order valence-electron chi connectivity index (χ0n) is 13.7. The summed E-state index contributed by atoms with van der Waals surface area (Å²) in [5.74, 6) is -1.81. The average Bonchev–Trinajstić information content (AvgIpc) is 2.84. The number of hydrogen-bond acceptors (Lipinski definition) is 5. The van der Waals surface area contributed by atoms with Gasteiger partial charge in [-0.2, -0.15) is 0 Å². The molecule has 130 valence electrons. The highest BCUT2D eigenvalue weighted by Gasteiger charge is 2.35. The Kier molecular flexibility index (Phi) is 6.28. The predicted octanol–water partition coefficient (Wildman–Crippen LogP) is 3.29. The highest BCUT2D eigenvalue weighted by atomic mass is 16.6. The number of carbonyl (C=O) groups excluding carboxylic acids is 2. The molecule has 0 radical (unpaired) electrons. The normalized spacial score (nSPS) is 16.7. The van der Waals surface area contributed by atoms with Gasteiger partial charge in [-0.15, -0.1) is 0 Å². The topological polar surface area (TPSA) is 98.5 Å². The maximum Gasteiger partial charge on any atom is 0.318 e. The summed E-state index contributed by atoms with van der Waals surface area (Å²) in [6.07, 6.45) is 5.90. The van der Waals surface area contributed by atoms with Gasteiger partial charge < -0.3 is 10.1 Å². The number of esters is 1. The molecule has 0 aromatic heterocycles. The van der Waals surface area contributed by atoms with E-state index >= 15 is 0 Å². The third-order valence-corrected chi connectivity index (χ3v) is 4.45. The van der Waals surface area contributed by atoms with Crippen molar-refractivity contribution in [3.05, 3.63) is 34.4 Å². The third kappa shape index (κ3) is 4.53. The molecule has 1 fully saturated rings. The molecule has 24 heavy (non-hydrogen) atoms. The van der Waals surface area contributed by atoms with Gasteiger partial charge in [-0.1, -0.05) is 25.7 Å². The standard InChI is InChI=1S/C17H22N2O5/c1-24-17(21)15(12-6-4-2-3-5-7-12)16(20)18-13-8-10-14(11-9-13)19(22)23/h8-12,15H,2-7H2,1H3,(H,18,20)/t15-/m1/s1. The van der Waals surface area contributed by atoms with Crippen LogP contribution in [-0.2, 0) is 14.3 Å². The molecule has 0 spiro atoms. The first-order valence-electron chi connectivity index (χ1n) is 8.16. The van der Waals surface area contributed by atoms with Crippen LogP contribution in [0.4, 0.5) is 11.4 Å². The molecule has 0 heterocycles. The van der Waals surface area contributed by atoms with Crippen LogP contribution in [0.15, 0.2) is 24.3 Å². The maximum atomic E-state index is 12.6. The minimum atomic E-state index is -0.844. The number of hydrogen-bond donors (Lipinski definition) is 1. The molecule has 1 atom stereocenters. The number of amides is 1. The van der Waals surface area contributed by atoms with Crippen LogP contribution in [-0.4, -0.2) is 23.9 Å². The van der Waals surface area contributed by atoms with Gasteiger partial charge in [0.15, 0.2) is 0 Å². The fourth-order valence-electron chi connectivity index (χ4n) is 3.17. The van der Waals surface area contributed by atoms with Crippen LogP contribution in [0.2, 0.25) is 0 Å². The number of nitrogens with one attached hydrogen (secondary N) is 1. The number of nitrogens with zero attached hydrogens (tertiary/aromatic N) is 1. The lowest BCUT2D eigenvalue weighted by molar-refractivity contribution is -0.384. The SMILES string of the molecule is COC(=O)[C@@H](C(=O)Nc1ccc([N+](=O)[O-])cc1)C1CCCCCC1. The van der Waals surface area contributed by atoms with E-state index in [1.54, 1.807) is 0 Å². The number of anilines is 1. The molecule has 1 aliphatic rings. The van der Waals surface area contributed by atoms with Gasteiger partial charge in [0, 0.05) is 17.8 Å². The maximum absolute atomic E-state index is 12.6. The first kappa shape index (κ1) is 17.9. The van der Waals surface area contributed by atoms with E-state index in [1.165, 1.54) is 31.4 Å². The summed E-state index contributed by atoms with van der Waals surface area (Å²) >= 11 is 0. The second kappa shape index (κ2) is 8.42. The number of benzene rings is 1. The van der Waals surface area contributed by atoms with Crippen LogP contribution in [0.5, 0.6) is 0 Å². The number of non-ortho nitro benzene ring substituents is 1. The lowest BCUT2D eigenvalue weighted by Gasteiger charge is -2.23. The van der Waals surface area contributed by atoms with Gasteiger partial charge in [0.05, 0.1) is 12.0 Å². The van der Waals surface area contributed by atoms with Crippen molar-refractivity contribution in [1.29, 1.82) is 0 Å². The zero-order chi connectivity index (χ0) is 17.5. The monoisotopic (exact) mass is 334 g/mol. The molecule has 1 amide bonds. The first-order valence-corrected chi connectivity index (χ1v) is 8.16. The fraction of sp³-hybridized carbons (Fsp3) is 0.529. The second-order valence-electron chi connectivity index (χ2n) is 6.05. The summed E-state index contributed by atoms with van der Waals surface area (Å²) in [4.78, 5) is 34.9. The molecule has 7 nitrogen and oxygen atoms in total. The minimum Gasteiger partial charge on any atom is -0.468 e. The summed E-state index contributed by atoms with van der Waals surface area (Å²) in [5, 5.41) is 13.3.